The summed E-state index contributed by atoms with van der Waals surface area (Å²) in [6.07, 6.45) is -3.54. The number of halogens is 3. The molecule has 0 saturated carbocycles. The van der Waals surface area contributed by atoms with Crippen LogP contribution in [0.4, 0.5) is 18.9 Å². The van der Waals surface area contributed by atoms with Gasteiger partial charge in [-0.05, 0) is 30.7 Å². The van der Waals surface area contributed by atoms with E-state index in [4.69, 9.17) is 0 Å². The van der Waals surface area contributed by atoms with E-state index in [1.54, 1.807) is 0 Å². The van der Waals surface area contributed by atoms with Gasteiger partial charge in [0, 0.05) is 13.0 Å². The molecule has 2 aromatic carbocycles. The van der Waals surface area contributed by atoms with Gasteiger partial charge in [-0.2, -0.15) is 13.2 Å². The fourth-order valence-corrected chi connectivity index (χ4v) is 2.26. The molecule has 0 aliphatic heterocycles. The predicted octanol–water partition coefficient (Wildman–Crippen LogP) is 3.87. The highest BCUT2D eigenvalue weighted by molar-refractivity contribution is 5.91. The summed E-state index contributed by atoms with van der Waals surface area (Å²) in [4.78, 5) is 11.8. The number of nitrogens with one attached hydrogen (secondary N) is 2. The molecule has 1 amide bonds. The van der Waals surface area contributed by atoms with E-state index in [0.29, 0.717) is 13.1 Å². The normalized spacial score (nSPS) is 11.3. The molecule has 6 heteroatoms. The Kier molecular flexibility index (Phi) is 6.37. The first-order valence-corrected chi connectivity index (χ1v) is 7.67. The van der Waals surface area contributed by atoms with Crippen molar-refractivity contribution in [2.75, 3.05) is 18.4 Å². The maximum absolute atomic E-state index is 12.8. The monoisotopic (exact) mass is 336 g/mol. The van der Waals surface area contributed by atoms with Gasteiger partial charge in [0.2, 0.25) is 5.91 Å². The number of amides is 1. The molecule has 2 N–H and O–H groups in total. The lowest BCUT2D eigenvalue weighted by Gasteiger charge is -2.13. The maximum atomic E-state index is 12.8. The average Bonchev–Trinajstić information content (AvgIpc) is 2.55. The Bertz CT molecular complexity index is 657. The lowest BCUT2D eigenvalue weighted by molar-refractivity contribution is -0.137. The van der Waals surface area contributed by atoms with Crippen LogP contribution in [0.25, 0.3) is 0 Å². The van der Waals surface area contributed by atoms with E-state index in [-0.39, 0.29) is 12.1 Å². The molecule has 0 aromatic heterocycles. The summed E-state index contributed by atoms with van der Waals surface area (Å²) in [7, 11) is 0. The van der Waals surface area contributed by atoms with E-state index in [0.717, 1.165) is 12.5 Å². The Labute approximate surface area is 138 Å². The van der Waals surface area contributed by atoms with Crippen molar-refractivity contribution in [3.05, 3.63) is 65.7 Å². The highest BCUT2D eigenvalue weighted by atomic mass is 19.4. The highest BCUT2D eigenvalue weighted by Gasteiger charge is 2.33. The summed E-state index contributed by atoms with van der Waals surface area (Å²) in [6.45, 7) is 1.11. The van der Waals surface area contributed by atoms with Crippen molar-refractivity contribution in [2.45, 2.75) is 19.0 Å². The van der Waals surface area contributed by atoms with E-state index < -0.39 is 17.6 Å². The summed E-state index contributed by atoms with van der Waals surface area (Å²) >= 11 is 0. The predicted molar refractivity (Wildman–Crippen MR) is 87.7 cm³/mol. The molecule has 0 unspecified atom stereocenters. The van der Waals surface area contributed by atoms with Crippen LogP contribution in [0.15, 0.2) is 54.6 Å². The second-order valence-electron chi connectivity index (χ2n) is 5.33. The van der Waals surface area contributed by atoms with Crippen molar-refractivity contribution < 1.29 is 18.0 Å². The molecule has 0 atom stereocenters. The minimum absolute atomic E-state index is 0.112. The smallest absolute Gasteiger partial charge is 0.325 e. The second-order valence-corrected chi connectivity index (χ2v) is 5.33. The van der Waals surface area contributed by atoms with Crippen LogP contribution in [0, 0.1) is 0 Å². The Morgan fingerprint density at radius 3 is 2.29 bits per heavy atom. The maximum Gasteiger partial charge on any atom is 0.418 e. The average molecular weight is 336 g/mol. The number of benzene rings is 2. The third-order valence-electron chi connectivity index (χ3n) is 3.47. The minimum Gasteiger partial charge on any atom is -0.325 e. The van der Waals surface area contributed by atoms with Gasteiger partial charge >= 0.3 is 6.18 Å². The molecular formula is C18H19F3N2O. The number of alkyl halides is 3. The van der Waals surface area contributed by atoms with Crippen molar-refractivity contribution in [2.24, 2.45) is 0 Å². The fraction of sp³-hybridized carbons (Fsp3) is 0.278. The van der Waals surface area contributed by atoms with Gasteiger partial charge in [-0.25, -0.2) is 0 Å². The van der Waals surface area contributed by atoms with Crippen molar-refractivity contribution in [3.63, 3.8) is 0 Å². The molecule has 0 aliphatic rings. The third-order valence-corrected chi connectivity index (χ3v) is 3.47. The lowest BCUT2D eigenvalue weighted by Crippen LogP contribution is -2.24. The molecule has 0 fully saturated rings. The standard InChI is InChI=1S/C18H19F3N2O/c19-18(20,21)15-8-4-5-9-16(15)23-17(24)11-13-22-12-10-14-6-2-1-3-7-14/h1-9,22H,10-13H2,(H,23,24). The van der Waals surface area contributed by atoms with Crippen LogP contribution in [0.1, 0.15) is 17.5 Å². The van der Waals surface area contributed by atoms with Crippen LogP contribution in [-0.4, -0.2) is 19.0 Å². The molecule has 2 rings (SSSR count). The summed E-state index contributed by atoms with van der Waals surface area (Å²) < 4.78 is 38.5. The van der Waals surface area contributed by atoms with Gasteiger partial charge in [-0.3, -0.25) is 4.79 Å². The number of hydrogen-bond acceptors (Lipinski definition) is 2. The number of para-hydroxylation sites is 1. The number of anilines is 1. The van der Waals surface area contributed by atoms with Crippen LogP contribution in [-0.2, 0) is 17.4 Å². The van der Waals surface area contributed by atoms with E-state index in [1.165, 1.54) is 23.8 Å². The second kappa shape index (κ2) is 8.49. The Morgan fingerprint density at radius 1 is 0.917 bits per heavy atom. The molecule has 2 aromatic rings. The summed E-state index contributed by atoms with van der Waals surface area (Å²) in [6, 6.07) is 14.9. The van der Waals surface area contributed by atoms with Crippen LogP contribution in [0.5, 0.6) is 0 Å². The summed E-state index contributed by atoms with van der Waals surface area (Å²) in [5.74, 6) is -0.445. The molecule has 0 radical (unpaired) electrons. The van der Waals surface area contributed by atoms with E-state index in [9.17, 15) is 18.0 Å². The fourth-order valence-electron chi connectivity index (χ4n) is 2.26. The number of carbonyl (C=O) groups excluding carboxylic acids is 1. The van der Waals surface area contributed by atoms with Crippen molar-refractivity contribution in [1.29, 1.82) is 0 Å². The first-order chi connectivity index (χ1) is 11.5. The molecule has 24 heavy (non-hydrogen) atoms. The van der Waals surface area contributed by atoms with E-state index >= 15 is 0 Å². The van der Waals surface area contributed by atoms with Gasteiger partial charge in [0.05, 0.1) is 11.3 Å². The number of carbonyl (C=O) groups is 1. The number of rotatable bonds is 7. The zero-order valence-electron chi connectivity index (χ0n) is 13.1. The zero-order valence-corrected chi connectivity index (χ0v) is 13.1. The van der Waals surface area contributed by atoms with E-state index in [1.807, 2.05) is 30.3 Å². The van der Waals surface area contributed by atoms with Crippen molar-refractivity contribution in [3.8, 4) is 0 Å². The molecule has 0 bridgehead atoms. The van der Waals surface area contributed by atoms with Crippen LogP contribution in [0.3, 0.4) is 0 Å². The van der Waals surface area contributed by atoms with Crippen LogP contribution in [0.2, 0.25) is 0 Å². The van der Waals surface area contributed by atoms with Gasteiger partial charge in [0.1, 0.15) is 0 Å². The van der Waals surface area contributed by atoms with Crippen molar-refractivity contribution in [1.82, 2.24) is 5.32 Å². The van der Waals surface area contributed by atoms with Gasteiger partial charge < -0.3 is 10.6 Å². The summed E-state index contributed by atoms with van der Waals surface area (Å²) in [5, 5.41) is 5.44. The first-order valence-electron chi connectivity index (χ1n) is 7.67. The Balaban J connectivity index is 1.74. The quantitative estimate of drug-likeness (QED) is 0.754. The van der Waals surface area contributed by atoms with Crippen LogP contribution < -0.4 is 10.6 Å². The van der Waals surface area contributed by atoms with Crippen LogP contribution >= 0.6 is 0 Å². The molecule has 0 heterocycles. The molecule has 0 saturated heterocycles. The Morgan fingerprint density at radius 2 is 1.58 bits per heavy atom. The van der Waals surface area contributed by atoms with Gasteiger partial charge in [0.15, 0.2) is 0 Å². The van der Waals surface area contributed by atoms with E-state index in [2.05, 4.69) is 10.6 Å². The van der Waals surface area contributed by atoms with Gasteiger partial charge in [-0.1, -0.05) is 42.5 Å². The minimum atomic E-state index is -4.49. The molecule has 0 aliphatic carbocycles. The molecule has 128 valence electrons. The lowest BCUT2D eigenvalue weighted by atomic mass is 10.1. The summed E-state index contributed by atoms with van der Waals surface area (Å²) in [5.41, 5.74) is 0.142. The largest absolute Gasteiger partial charge is 0.418 e. The Hall–Kier alpha value is -2.34. The third kappa shape index (κ3) is 5.70. The number of hydrogen-bond donors (Lipinski definition) is 2. The topological polar surface area (TPSA) is 41.1 Å². The van der Waals surface area contributed by atoms with Gasteiger partial charge in [0.25, 0.3) is 0 Å². The molecular weight excluding hydrogens is 317 g/mol. The zero-order chi connectivity index (χ0) is 17.4. The highest BCUT2D eigenvalue weighted by Crippen LogP contribution is 2.34. The molecule has 3 nitrogen and oxygen atoms in total. The molecule has 0 spiro atoms. The SMILES string of the molecule is O=C(CCNCCc1ccccc1)Nc1ccccc1C(F)(F)F. The van der Waals surface area contributed by atoms with Gasteiger partial charge in [-0.15, -0.1) is 0 Å². The first kappa shape index (κ1) is 18.0. The van der Waals surface area contributed by atoms with Crippen molar-refractivity contribution >= 4 is 11.6 Å².